The average molecular weight is 293 g/mol. The van der Waals surface area contributed by atoms with Gasteiger partial charge in [-0.15, -0.1) is 0 Å². The zero-order chi connectivity index (χ0) is 15.7. The van der Waals surface area contributed by atoms with E-state index in [9.17, 15) is 4.79 Å². The Bertz CT molecular complexity index is 444. The van der Waals surface area contributed by atoms with Gasteiger partial charge in [-0.3, -0.25) is 4.79 Å². The highest BCUT2D eigenvalue weighted by molar-refractivity contribution is 5.69. The first kappa shape index (κ1) is 17.5. The first-order valence-corrected chi connectivity index (χ1v) is 7.69. The van der Waals surface area contributed by atoms with Crippen molar-refractivity contribution in [2.45, 2.75) is 52.5 Å². The Kier molecular flexibility index (Phi) is 7.83. The SMILES string of the molecule is CCOC(=O)CCCCCOc1cc(C)ccc1[C@@H](C)N. The summed E-state index contributed by atoms with van der Waals surface area (Å²) in [6, 6.07) is 6.06. The summed E-state index contributed by atoms with van der Waals surface area (Å²) in [6.45, 7) is 6.92. The maximum atomic E-state index is 11.2. The van der Waals surface area contributed by atoms with E-state index in [0.717, 1.165) is 36.1 Å². The third-order valence-electron chi connectivity index (χ3n) is 3.25. The minimum Gasteiger partial charge on any atom is -0.493 e. The standard InChI is InChI=1S/C17H27NO3/c1-4-20-17(19)8-6-5-7-11-21-16-12-13(2)9-10-15(16)14(3)18/h9-10,12,14H,4-8,11,18H2,1-3H3/t14-/m1/s1. The topological polar surface area (TPSA) is 61.5 Å². The van der Waals surface area contributed by atoms with Crippen molar-refractivity contribution in [2.24, 2.45) is 5.73 Å². The fourth-order valence-corrected chi connectivity index (χ4v) is 2.11. The van der Waals surface area contributed by atoms with Gasteiger partial charge in [0.15, 0.2) is 0 Å². The lowest BCUT2D eigenvalue weighted by atomic mass is 10.1. The smallest absolute Gasteiger partial charge is 0.305 e. The highest BCUT2D eigenvalue weighted by Gasteiger charge is 2.08. The summed E-state index contributed by atoms with van der Waals surface area (Å²) < 4.78 is 10.7. The van der Waals surface area contributed by atoms with Crippen LogP contribution in [-0.2, 0) is 9.53 Å². The Morgan fingerprint density at radius 3 is 2.71 bits per heavy atom. The molecule has 0 aromatic heterocycles. The Morgan fingerprint density at radius 2 is 2.05 bits per heavy atom. The molecule has 4 nitrogen and oxygen atoms in total. The van der Waals surface area contributed by atoms with Crippen LogP contribution in [0.25, 0.3) is 0 Å². The molecule has 0 aliphatic rings. The van der Waals surface area contributed by atoms with Gasteiger partial charge >= 0.3 is 5.97 Å². The molecule has 1 atom stereocenters. The maximum absolute atomic E-state index is 11.2. The van der Waals surface area contributed by atoms with Crippen LogP contribution in [0.5, 0.6) is 5.75 Å². The fraction of sp³-hybridized carbons (Fsp3) is 0.588. The highest BCUT2D eigenvalue weighted by atomic mass is 16.5. The first-order chi connectivity index (χ1) is 10.0. The Hall–Kier alpha value is -1.55. The van der Waals surface area contributed by atoms with Gasteiger partial charge in [-0.2, -0.15) is 0 Å². The largest absolute Gasteiger partial charge is 0.493 e. The summed E-state index contributed by atoms with van der Waals surface area (Å²) in [5.74, 6) is 0.756. The molecule has 0 saturated heterocycles. The minimum atomic E-state index is -0.114. The Morgan fingerprint density at radius 1 is 1.29 bits per heavy atom. The van der Waals surface area contributed by atoms with Crippen molar-refractivity contribution in [3.05, 3.63) is 29.3 Å². The van der Waals surface area contributed by atoms with Crippen molar-refractivity contribution in [3.8, 4) is 5.75 Å². The number of carbonyl (C=O) groups excluding carboxylic acids is 1. The quantitative estimate of drug-likeness (QED) is 0.559. The molecule has 0 aliphatic heterocycles. The second kappa shape index (κ2) is 9.40. The van der Waals surface area contributed by atoms with E-state index in [-0.39, 0.29) is 12.0 Å². The number of unbranched alkanes of at least 4 members (excludes halogenated alkanes) is 2. The molecule has 0 spiro atoms. The zero-order valence-electron chi connectivity index (χ0n) is 13.4. The van der Waals surface area contributed by atoms with Crippen LogP contribution in [0.2, 0.25) is 0 Å². The number of benzene rings is 1. The van der Waals surface area contributed by atoms with Gasteiger partial charge in [-0.1, -0.05) is 12.1 Å². The number of esters is 1. The van der Waals surface area contributed by atoms with E-state index in [1.807, 2.05) is 39.0 Å². The second-order valence-electron chi connectivity index (χ2n) is 5.29. The molecule has 0 radical (unpaired) electrons. The van der Waals surface area contributed by atoms with Crippen molar-refractivity contribution in [2.75, 3.05) is 13.2 Å². The molecule has 0 unspecified atom stereocenters. The van der Waals surface area contributed by atoms with E-state index in [0.29, 0.717) is 19.6 Å². The predicted molar refractivity (Wildman–Crippen MR) is 84.4 cm³/mol. The van der Waals surface area contributed by atoms with E-state index in [1.165, 1.54) is 0 Å². The summed E-state index contributed by atoms with van der Waals surface area (Å²) in [4.78, 5) is 11.2. The van der Waals surface area contributed by atoms with Gasteiger partial charge in [0.1, 0.15) is 5.75 Å². The molecule has 0 saturated carbocycles. The van der Waals surface area contributed by atoms with Gasteiger partial charge in [0.05, 0.1) is 13.2 Å². The van der Waals surface area contributed by atoms with Crippen LogP contribution in [0.15, 0.2) is 18.2 Å². The molecule has 0 amide bonds. The number of rotatable bonds is 9. The van der Waals surface area contributed by atoms with E-state index in [4.69, 9.17) is 15.2 Å². The molecular formula is C17H27NO3. The molecule has 0 bridgehead atoms. The fourth-order valence-electron chi connectivity index (χ4n) is 2.11. The lowest BCUT2D eigenvalue weighted by molar-refractivity contribution is -0.143. The number of hydrogen-bond donors (Lipinski definition) is 1. The number of hydrogen-bond acceptors (Lipinski definition) is 4. The Balaban J connectivity index is 2.29. The maximum Gasteiger partial charge on any atom is 0.305 e. The molecule has 118 valence electrons. The number of ether oxygens (including phenoxy) is 2. The van der Waals surface area contributed by atoms with Crippen molar-refractivity contribution in [1.29, 1.82) is 0 Å². The van der Waals surface area contributed by atoms with Crippen molar-refractivity contribution in [1.82, 2.24) is 0 Å². The van der Waals surface area contributed by atoms with E-state index >= 15 is 0 Å². The van der Waals surface area contributed by atoms with Crippen LogP contribution >= 0.6 is 0 Å². The van der Waals surface area contributed by atoms with Gasteiger partial charge in [0.25, 0.3) is 0 Å². The molecule has 2 N–H and O–H groups in total. The molecule has 0 heterocycles. The molecule has 1 aromatic rings. The molecular weight excluding hydrogens is 266 g/mol. The lowest BCUT2D eigenvalue weighted by Gasteiger charge is -2.14. The van der Waals surface area contributed by atoms with Gasteiger partial charge < -0.3 is 15.2 Å². The van der Waals surface area contributed by atoms with Crippen LogP contribution in [0, 0.1) is 6.92 Å². The highest BCUT2D eigenvalue weighted by Crippen LogP contribution is 2.25. The van der Waals surface area contributed by atoms with Gasteiger partial charge in [0.2, 0.25) is 0 Å². The lowest BCUT2D eigenvalue weighted by Crippen LogP contribution is -2.09. The van der Waals surface area contributed by atoms with Crippen LogP contribution in [0.4, 0.5) is 0 Å². The van der Waals surface area contributed by atoms with Crippen LogP contribution in [-0.4, -0.2) is 19.2 Å². The number of carbonyl (C=O) groups is 1. The second-order valence-corrected chi connectivity index (χ2v) is 5.29. The normalized spacial score (nSPS) is 12.0. The summed E-state index contributed by atoms with van der Waals surface area (Å²) in [6.07, 6.45) is 3.21. The van der Waals surface area contributed by atoms with Gasteiger partial charge in [-0.05, 0) is 51.7 Å². The van der Waals surface area contributed by atoms with Crippen LogP contribution < -0.4 is 10.5 Å². The van der Waals surface area contributed by atoms with Crippen molar-refractivity contribution in [3.63, 3.8) is 0 Å². The zero-order valence-corrected chi connectivity index (χ0v) is 13.4. The van der Waals surface area contributed by atoms with E-state index in [1.54, 1.807) is 0 Å². The molecule has 21 heavy (non-hydrogen) atoms. The monoisotopic (exact) mass is 293 g/mol. The van der Waals surface area contributed by atoms with Crippen LogP contribution in [0.3, 0.4) is 0 Å². The third kappa shape index (κ3) is 6.63. The van der Waals surface area contributed by atoms with Gasteiger partial charge in [0, 0.05) is 18.0 Å². The number of aryl methyl sites for hydroxylation is 1. The molecule has 0 aliphatic carbocycles. The summed E-state index contributed by atoms with van der Waals surface area (Å²) in [5, 5.41) is 0. The number of nitrogens with two attached hydrogens (primary N) is 1. The van der Waals surface area contributed by atoms with Gasteiger partial charge in [-0.25, -0.2) is 0 Å². The average Bonchev–Trinajstić information content (AvgIpc) is 2.42. The summed E-state index contributed by atoms with van der Waals surface area (Å²) in [7, 11) is 0. The third-order valence-corrected chi connectivity index (χ3v) is 3.25. The van der Waals surface area contributed by atoms with E-state index in [2.05, 4.69) is 0 Å². The Labute approximate surface area is 127 Å². The predicted octanol–water partition coefficient (Wildman–Crippen LogP) is 3.52. The molecule has 0 fully saturated rings. The van der Waals surface area contributed by atoms with E-state index < -0.39 is 0 Å². The summed E-state index contributed by atoms with van der Waals surface area (Å²) in [5.41, 5.74) is 8.14. The molecule has 1 rings (SSSR count). The molecule has 1 aromatic carbocycles. The van der Waals surface area contributed by atoms with Crippen LogP contribution in [0.1, 0.15) is 56.7 Å². The summed E-state index contributed by atoms with van der Waals surface area (Å²) >= 11 is 0. The minimum absolute atomic E-state index is 0.0376. The van der Waals surface area contributed by atoms with Crippen molar-refractivity contribution < 1.29 is 14.3 Å². The van der Waals surface area contributed by atoms with Crippen molar-refractivity contribution >= 4 is 5.97 Å². The molecule has 4 heteroatoms. The first-order valence-electron chi connectivity index (χ1n) is 7.69.